The molecule has 0 saturated heterocycles. The first-order chi connectivity index (χ1) is 21.9. The predicted molar refractivity (Wildman–Crippen MR) is 172 cm³/mol. The number of Topliss-reactive ketones (excluding diaryl/α,β-unsaturated/α-hetero) is 1. The van der Waals surface area contributed by atoms with Crippen molar-refractivity contribution in [3.05, 3.63) is 82.6 Å². The maximum atomic E-state index is 13.9. The maximum Gasteiger partial charge on any atom is 0.328 e. The molecule has 12 heteroatoms. The predicted octanol–water partition coefficient (Wildman–Crippen LogP) is 4.05. The average Bonchev–Trinajstić information content (AvgIpc) is 3.01. The Morgan fingerprint density at radius 3 is 2.46 bits per heavy atom. The second-order valence-corrected chi connectivity index (χ2v) is 12.1. The summed E-state index contributed by atoms with van der Waals surface area (Å²) in [5.74, 6) is -3.11. The Morgan fingerprint density at radius 1 is 1.04 bits per heavy atom. The number of methoxy groups -OCH3 is 1. The van der Waals surface area contributed by atoms with Crippen molar-refractivity contribution in [2.75, 3.05) is 13.7 Å². The molecule has 1 heterocycles. The Bertz CT molecular complexity index is 1400. The molecule has 1 aliphatic heterocycles. The minimum atomic E-state index is -1.02. The fraction of sp³-hybridized carbons (Fsp3) is 0.441. The smallest absolute Gasteiger partial charge is 0.328 e. The van der Waals surface area contributed by atoms with Crippen LogP contribution in [0.5, 0.6) is 0 Å². The number of ether oxygens (including phenoxy) is 1. The molecular weight excluding hydrogens is 615 g/mol. The lowest BCUT2D eigenvalue weighted by Crippen LogP contribution is -2.53. The molecule has 0 fully saturated rings. The van der Waals surface area contributed by atoms with Gasteiger partial charge in [0.15, 0.2) is 5.78 Å². The van der Waals surface area contributed by atoms with E-state index in [0.717, 1.165) is 5.56 Å². The van der Waals surface area contributed by atoms with Crippen LogP contribution < -0.4 is 21.3 Å². The SMILES string of the molecule is COC(=O)[C@@H](NC(=O)N[C@@H](Cc1ccc(Cl)cc1)C(=O)C[C@H]1CCCCNC(=O)/C=C/[C@H](Cc2cccc(F)c2)NC1=O)C(C)C. The molecule has 4 N–H and O–H groups in total. The van der Waals surface area contributed by atoms with E-state index < -0.39 is 41.9 Å². The zero-order valence-electron chi connectivity index (χ0n) is 26.3. The number of halogens is 2. The summed E-state index contributed by atoms with van der Waals surface area (Å²) in [6.45, 7) is 3.91. The van der Waals surface area contributed by atoms with Crippen molar-refractivity contribution in [3.8, 4) is 0 Å². The first-order valence-corrected chi connectivity index (χ1v) is 15.8. The van der Waals surface area contributed by atoms with Crippen LogP contribution in [-0.2, 0) is 36.8 Å². The summed E-state index contributed by atoms with van der Waals surface area (Å²) in [5, 5.41) is 11.5. The number of hydrogen-bond donors (Lipinski definition) is 4. The summed E-state index contributed by atoms with van der Waals surface area (Å²) < 4.78 is 18.7. The average molecular weight is 657 g/mol. The van der Waals surface area contributed by atoms with E-state index in [9.17, 15) is 28.4 Å². The van der Waals surface area contributed by atoms with Crippen molar-refractivity contribution in [2.45, 2.75) is 70.5 Å². The zero-order valence-corrected chi connectivity index (χ0v) is 27.1. The number of carbonyl (C=O) groups is 5. The Hall–Kier alpha value is -4.25. The van der Waals surface area contributed by atoms with Gasteiger partial charge in [-0.15, -0.1) is 0 Å². The first kappa shape index (κ1) is 36.2. The Kier molecular flexibility index (Phi) is 14.2. The summed E-state index contributed by atoms with van der Waals surface area (Å²) in [4.78, 5) is 65.0. The highest BCUT2D eigenvalue weighted by molar-refractivity contribution is 6.30. The molecule has 0 aliphatic carbocycles. The van der Waals surface area contributed by atoms with E-state index in [4.69, 9.17) is 16.3 Å². The summed E-state index contributed by atoms with van der Waals surface area (Å²) >= 11 is 6.04. The summed E-state index contributed by atoms with van der Waals surface area (Å²) in [6.07, 6.45) is 4.61. The molecule has 2 aromatic rings. The molecule has 0 saturated carbocycles. The van der Waals surface area contributed by atoms with Gasteiger partial charge < -0.3 is 26.0 Å². The molecule has 0 aromatic heterocycles. The molecule has 0 bridgehead atoms. The topological polar surface area (TPSA) is 143 Å². The van der Waals surface area contributed by atoms with Gasteiger partial charge in [0.25, 0.3) is 0 Å². The monoisotopic (exact) mass is 656 g/mol. The number of ketones is 1. The van der Waals surface area contributed by atoms with Crippen LogP contribution in [0.25, 0.3) is 0 Å². The lowest BCUT2D eigenvalue weighted by molar-refractivity contribution is -0.144. The second-order valence-electron chi connectivity index (χ2n) is 11.7. The van der Waals surface area contributed by atoms with Crippen molar-refractivity contribution in [1.29, 1.82) is 0 Å². The number of amides is 4. The lowest BCUT2D eigenvalue weighted by Gasteiger charge is -2.25. The van der Waals surface area contributed by atoms with Gasteiger partial charge >= 0.3 is 12.0 Å². The second kappa shape index (κ2) is 18.0. The molecule has 46 heavy (non-hydrogen) atoms. The highest BCUT2D eigenvalue weighted by Crippen LogP contribution is 2.19. The number of hydrogen-bond acceptors (Lipinski definition) is 6. The van der Waals surface area contributed by atoms with Gasteiger partial charge in [0.2, 0.25) is 11.8 Å². The number of carbonyl (C=O) groups excluding carboxylic acids is 5. The van der Waals surface area contributed by atoms with Gasteiger partial charge in [-0.05, 0) is 67.0 Å². The molecule has 10 nitrogen and oxygen atoms in total. The van der Waals surface area contributed by atoms with Gasteiger partial charge in [-0.1, -0.05) is 62.2 Å². The Balaban J connectivity index is 1.82. The number of rotatable bonds is 11. The van der Waals surface area contributed by atoms with Gasteiger partial charge in [0.1, 0.15) is 11.9 Å². The Labute approximate surface area is 273 Å². The van der Waals surface area contributed by atoms with Crippen LogP contribution in [0, 0.1) is 17.7 Å². The fourth-order valence-electron chi connectivity index (χ4n) is 5.15. The van der Waals surface area contributed by atoms with E-state index >= 15 is 0 Å². The van der Waals surface area contributed by atoms with Crippen molar-refractivity contribution < 1.29 is 33.1 Å². The fourth-order valence-corrected chi connectivity index (χ4v) is 5.28. The van der Waals surface area contributed by atoms with Crippen LogP contribution in [0.3, 0.4) is 0 Å². The van der Waals surface area contributed by atoms with Crippen LogP contribution in [0.1, 0.15) is 50.7 Å². The van der Waals surface area contributed by atoms with E-state index in [1.807, 2.05) is 0 Å². The molecule has 2 aromatic carbocycles. The van der Waals surface area contributed by atoms with E-state index in [2.05, 4.69) is 21.3 Å². The summed E-state index contributed by atoms with van der Waals surface area (Å²) in [6, 6.07) is 9.49. The minimum absolute atomic E-state index is 0.124. The number of benzene rings is 2. The van der Waals surface area contributed by atoms with E-state index in [1.54, 1.807) is 56.3 Å². The molecule has 248 valence electrons. The highest BCUT2D eigenvalue weighted by atomic mass is 35.5. The van der Waals surface area contributed by atoms with Crippen LogP contribution in [0.4, 0.5) is 9.18 Å². The molecule has 1 aliphatic rings. The molecule has 0 spiro atoms. The van der Waals surface area contributed by atoms with Gasteiger partial charge in [-0.3, -0.25) is 14.4 Å². The third-order valence-corrected chi connectivity index (χ3v) is 7.96. The quantitative estimate of drug-likeness (QED) is 0.269. The van der Waals surface area contributed by atoms with E-state index in [0.29, 0.717) is 36.4 Å². The van der Waals surface area contributed by atoms with Crippen molar-refractivity contribution in [2.24, 2.45) is 11.8 Å². The molecule has 4 atom stereocenters. The van der Waals surface area contributed by atoms with Crippen LogP contribution in [0.2, 0.25) is 5.02 Å². The zero-order chi connectivity index (χ0) is 33.6. The van der Waals surface area contributed by atoms with Crippen LogP contribution >= 0.6 is 11.6 Å². The lowest BCUT2D eigenvalue weighted by atomic mass is 9.90. The third kappa shape index (κ3) is 11.9. The van der Waals surface area contributed by atoms with Crippen molar-refractivity contribution in [3.63, 3.8) is 0 Å². The highest BCUT2D eigenvalue weighted by Gasteiger charge is 2.31. The number of nitrogens with one attached hydrogen (secondary N) is 4. The molecule has 4 amide bonds. The van der Waals surface area contributed by atoms with Gasteiger partial charge in [-0.25, -0.2) is 14.0 Å². The number of esters is 1. The van der Waals surface area contributed by atoms with E-state index in [1.165, 1.54) is 25.3 Å². The van der Waals surface area contributed by atoms with Gasteiger partial charge in [0.05, 0.1) is 19.2 Å². The Morgan fingerprint density at radius 2 is 1.78 bits per heavy atom. The third-order valence-electron chi connectivity index (χ3n) is 7.70. The van der Waals surface area contributed by atoms with Crippen molar-refractivity contribution >= 4 is 41.2 Å². The maximum absolute atomic E-state index is 13.9. The molecule has 0 unspecified atom stereocenters. The van der Waals surface area contributed by atoms with Crippen LogP contribution in [-0.4, -0.2) is 61.4 Å². The summed E-state index contributed by atoms with van der Waals surface area (Å²) in [7, 11) is 1.23. The van der Waals surface area contributed by atoms with Crippen LogP contribution in [0.15, 0.2) is 60.7 Å². The molecular formula is C34H42ClFN4O6. The minimum Gasteiger partial charge on any atom is -0.467 e. The van der Waals surface area contributed by atoms with Gasteiger partial charge in [0, 0.05) is 30.0 Å². The first-order valence-electron chi connectivity index (χ1n) is 15.4. The summed E-state index contributed by atoms with van der Waals surface area (Å²) in [5.41, 5.74) is 1.36. The molecule has 3 rings (SSSR count). The number of urea groups is 1. The van der Waals surface area contributed by atoms with Crippen molar-refractivity contribution in [1.82, 2.24) is 21.3 Å². The normalized spacial score (nSPS) is 19.3. The standard InChI is InChI=1S/C34H42ClFN4O6/c1-21(2)31(33(44)46-3)40-34(45)39-28(19-22-10-12-25(35)13-11-22)29(41)20-24-8-4-5-16-37-30(42)15-14-27(38-32(24)43)18-23-7-6-9-26(36)17-23/h6-7,9-15,17,21,24,27-28,31H,4-5,8,16,18-20H2,1-3H3,(H,37,42)(H,38,43)(H2,39,40,45)/b15-14+/t24-,27-,28+,31+/m1/s1. The van der Waals surface area contributed by atoms with E-state index in [-0.39, 0.29) is 42.8 Å². The van der Waals surface area contributed by atoms with Gasteiger partial charge in [-0.2, -0.15) is 0 Å². The molecule has 0 radical (unpaired) electrons. The largest absolute Gasteiger partial charge is 0.467 e.